The van der Waals surface area contributed by atoms with E-state index in [1.165, 1.54) is 0 Å². The molecule has 10 nitrogen and oxygen atoms in total. The first kappa shape index (κ1) is 27.5. The van der Waals surface area contributed by atoms with E-state index >= 15 is 0 Å². The summed E-state index contributed by atoms with van der Waals surface area (Å²) in [5, 5.41) is 5.03. The minimum Gasteiger partial charge on any atom is -0.462 e. The third-order valence-corrected chi connectivity index (χ3v) is 4.21. The minimum absolute atomic E-state index is 0.0544. The molecule has 1 aliphatic carbocycles. The zero-order chi connectivity index (χ0) is 24.4. The largest absolute Gasteiger partial charge is 0.462 e. The molecule has 0 spiro atoms. The summed E-state index contributed by atoms with van der Waals surface area (Å²) in [5.41, 5.74) is -1.19. The van der Waals surface area contributed by atoms with E-state index in [1.54, 1.807) is 41.5 Å². The van der Waals surface area contributed by atoms with E-state index in [9.17, 15) is 19.2 Å². The van der Waals surface area contributed by atoms with Gasteiger partial charge in [-0.25, -0.2) is 9.59 Å². The van der Waals surface area contributed by atoms with Crippen LogP contribution in [0.25, 0.3) is 0 Å². The number of alkyl carbamates (subject to hydrolysis) is 2. The average Bonchev–Trinajstić information content (AvgIpc) is 2.60. The molecule has 1 fully saturated rings. The fraction of sp³-hybridized carbons (Fsp3) is 0.818. The monoisotopic (exact) mass is 458 g/mol. The summed E-state index contributed by atoms with van der Waals surface area (Å²) in [6, 6.07) is 0. The summed E-state index contributed by atoms with van der Waals surface area (Å²) in [5.74, 6) is -0.788. The maximum atomic E-state index is 12.0. The van der Waals surface area contributed by atoms with Gasteiger partial charge in [0.2, 0.25) is 0 Å². The Morgan fingerprint density at radius 1 is 0.656 bits per heavy atom. The normalized spacial score (nSPS) is 18.8. The van der Waals surface area contributed by atoms with Crippen molar-refractivity contribution in [2.75, 3.05) is 13.1 Å². The van der Waals surface area contributed by atoms with Gasteiger partial charge in [-0.05, 0) is 67.2 Å². The van der Waals surface area contributed by atoms with Crippen LogP contribution in [-0.4, -0.2) is 60.6 Å². The van der Waals surface area contributed by atoms with Crippen molar-refractivity contribution in [1.82, 2.24) is 10.6 Å². The average molecular weight is 459 g/mol. The quantitative estimate of drug-likeness (QED) is 0.419. The van der Waals surface area contributed by atoms with Gasteiger partial charge in [0.1, 0.15) is 23.4 Å². The van der Waals surface area contributed by atoms with Gasteiger partial charge in [0.05, 0.1) is 12.8 Å². The molecular formula is C22H38N2O8. The van der Waals surface area contributed by atoms with Crippen molar-refractivity contribution < 1.29 is 38.1 Å². The van der Waals surface area contributed by atoms with Crippen molar-refractivity contribution in [3.8, 4) is 0 Å². The molecule has 0 aromatic carbocycles. The molecule has 32 heavy (non-hydrogen) atoms. The molecule has 2 N–H and O–H groups in total. The summed E-state index contributed by atoms with van der Waals surface area (Å²) in [6.07, 6.45) is 0.887. The van der Waals surface area contributed by atoms with Crippen LogP contribution in [0, 0.1) is 0 Å². The van der Waals surface area contributed by atoms with Crippen LogP contribution < -0.4 is 10.6 Å². The third-order valence-electron chi connectivity index (χ3n) is 4.21. The number of carbonyl (C=O) groups is 4. The van der Waals surface area contributed by atoms with Gasteiger partial charge in [-0.3, -0.25) is 9.59 Å². The number of rotatable bonds is 8. The fourth-order valence-corrected chi connectivity index (χ4v) is 2.92. The van der Waals surface area contributed by atoms with Crippen LogP contribution >= 0.6 is 0 Å². The Morgan fingerprint density at radius 3 is 1.25 bits per heavy atom. The highest BCUT2D eigenvalue weighted by atomic mass is 16.6. The molecule has 2 amide bonds. The Morgan fingerprint density at radius 2 is 0.969 bits per heavy atom. The van der Waals surface area contributed by atoms with E-state index in [0.29, 0.717) is 25.7 Å². The van der Waals surface area contributed by atoms with Crippen LogP contribution in [0.3, 0.4) is 0 Å². The molecule has 0 bridgehead atoms. The van der Waals surface area contributed by atoms with E-state index in [0.717, 1.165) is 0 Å². The molecule has 0 saturated heterocycles. The molecule has 1 rings (SSSR count). The van der Waals surface area contributed by atoms with Crippen LogP contribution in [0.5, 0.6) is 0 Å². The van der Waals surface area contributed by atoms with Crippen molar-refractivity contribution in [3.05, 3.63) is 0 Å². The minimum atomic E-state index is -0.596. The van der Waals surface area contributed by atoms with Crippen LogP contribution in [0.2, 0.25) is 0 Å². The summed E-state index contributed by atoms with van der Waals surface area (Å²) in [6.45, 7) is 10.8. The van der Waals surface area contributed by atoms with E-state index in [4.69, 9.17) is 18.9 Å². The molecule has 0 radical (unpaired) electrons. The predicted octanol–water partition coefficient (Wildman–Crippen LogP) is 3.21. The summed E-state index contributed by atoms with van der Waals surface area (Å²) in [7, 11) is 0. The second-order valence-corrected chi connectivity index (χ2v) is 9.74. The molecule has 10 heteroatoms. The fourth-order valence-electron chi connectivity index (χ4n) is 2.92. The molecule has 0 aromatic heterocycles. The Bertz CT molecular complexity index is 587. The van der Waals surface area contributed by atoms with Crippen LogP contribution in [0.15, 0.2) is 0 Å². The van der Waals surface area contributed by atoms with Gasteiger partial charge in [-0.2, -0.15) is 0 Å². The standard InChI is InChI=1S/C22H38N2O8/c1-21(2,3)31-19(27)23-13-11-17(25)29-15-7-9-16(10-8-15)30-18(26)12-14-24-20(28)32-22(4,5)6/h15-16H,7-14H2,1-6H3,(H,23,27)(H,24,28). The Balaban J connectivity index is 2.16. The maximum Gasteiger partial charge on any atom is 0.407 e. The molecule has 1 aliphatic rings. The number of amides is 2. The lowest BCUT2D eigenvalue weighted by molar-refractivity contribution is -0.158. The maximum absolute atomic E-state index is 12.0. The second kappa shape index (κ2) is 12.5. The molecule has 0 atom stereocenters. The number of ether oxygens (including phenoxy) is 4. The van der Waals surface area contributed by atoms with Gasteiger partial charge in [0, 0.05) is 13.1 Å². The molecule has 0 aromatic rings. The first-order chi connectivity index (χ1) is 14.7. The van der Waals surface area contributed by atoms with Crippen LogP contribution in [0.4, 0.5) is 9.59 Å². The van der Waals surface area contributed by atoms with Crippen LogP contribution in [0.1, 0.15) is 80.1 Å². The lowest BCUT2D eigenvalue weighted by Crippen LogP contribution is -2.35. The summed E-state index contributed by atoms with van der Waals surface area (Å²) >= 11 is 0. The predicted molar refractivity (Wildman–Crippen MR) is 116 cm³/mol. The highest BCUT2D eigenvalue weighted by Gasteiger charge is 2.26. The van der Waals surface area contributed by atoms with Gasteiger partial charge in [0.25, 0.3) is 0 Å². The van der Waals surface area contributed by atoms with E-state index < -0.39 is 35.3 Å². The number of esters is 2. The van der Waals surface area contributed by atoms with Crippen molar-refractivity contribution in [2.24, 2.45) is 0 Å². The second-order valence-electron chi connectivity index (χ2n) is 9.74. The topological polar surface area (TPSA) is 129 Å². The van der Waals surface area contributed by atoms with Crippen molar-refractivity contribution in [1.29, 1.82) is 0 Å². The number of hydrogen-bond donors (Lipinski definition) is 2. The SMILES string of the molecule is CC(C)(C)OC(=O)NCCC(=O)OC1CCC(OC(=O)CCNC(=O)OC(C)(C)C)CC1. The zero-order valence-electron chi connectivity index (χ0n) is 20.1. The van der Waals surface area contributed by atoms with Gasteiger partial charge < -0.3 is 29.6 Å². The lowest BCUT2D eigenvalue weighted by Gasteiger charge is -2.28. The molecule has 1 saturated carbocycles. The highest BCUT2D eigenvalue weighted by Crippen LogP contribution is 2.24. The van der Waals surface area contributed by atoms with E-state index in [-0.39, 0.29) is 38.1 Å². The highest BCUT2D eigenvalue weighted by molar-refractivity contribution is 5.72. The van der Waals surface area contributed by atoms with Gasteiger partial charge >= 0.3 is 24.1 Å². The van der Waals surface area contributed by atoms with Crippen molar-refractivity contribution in [3.63, 3.8) is 0 Å². The van der Waals surface area contributed by atoms with Crippen molar-refractivity contribution >= 4 is 24.1 Å². The first-order valence-corrected chi connectivity index (χ1v) is 11.1. The Labute approximate surface area is 190 Å². The van der Waals surface area contributed by atoms with Crippen LogP contribution in [-0.2, 0) is 28.5 Å². The zero-order valence-corrected chi connectivity index (χ0v) is 20.1. The third kappa shape index (κ3) is 13.7. The van der Waals surface area contributed by atoms with E-state index in [1.807, 2.05) is 0 Å². The number of nitrogens with one attached hydrogen (secondary N) is 2. The molecule has 0 unspecified atom stereocenters. The molecule has 0 heterocycles. The molecule has 184 valence electrons. The number of hydrogen-bond acceptors (Lipinski definition) is 8. The van der Waals surface area contributed by atoms with E-state index in [2.05, 4.69) is 10.6 Å². The van der Waals surface area contributed by atoms with Gasteiger partial charge in [0.15, 0.2) is 0 Å². The number of carbonyl (C=O) groups excluding carboxylic acids is 4. The Hall–Kier alpha value is -2.52. The van der Waals surface area contributed by atoms with Crippen molar-refractivity contribution in [2.45, 2.75) is 103 Å². The van der Waals surface area contributed by atoms with Gasteiger partial charge in [-0.1, -0.05) is 0 Å². The summed E-state index contributed by atoms with van der Waals surface area (Å²) in [4.78, 5) is 47.0. The summed E-state index contributed by atoms with van der Waals surface area (Å²) < 4.78 is 21.0. The van der Waals surface area contributed by atoms with Gasteiger partial charge in [-0.15, -0.1) is 0 Å². The smallest absolute Gasteiger partial charge is 0.407 e. The lowest BCUT2D eigenvalue weighted by atomic mass is 9.95. The molecule has 0 aliphatic heterocycles. The first-order valence-electron chi connectivity index (χ1n) is 11.1. The Kier molecular flexibility index (Phi) is 10.7. The molecular weight excluding hydrogens is 420 g/mol.